The summed E-state index contributed by atoms with van der Waals surface area (Å²) in [5.74, 6) is 0.743. The van der Waals surface area contributed by atoms with E-state index < -0.39 is 16.1 Å². The topological polar surface area (TPSA) is 40.5 Å². The fraction of sp³-hybridized carbons (Fsp3) is 0.562. The third kappa shape index (κ3) is 4.03. The maximum atomic E-state index is 11.4. The van der Waals surface area contributed by atoms with E-state index in [4.69, 9.17) is 0 Å². The summed E-state index contributed by atoms with van der Waals surface area (Å²) in [4.78, 5) is 0. The smallest absolute Gasteiger partial charge is 0.124 e. The van der Waals surface area contributed by atoms with Gasteiger partial charge >= 0.3 is 0 Å². The van der Waals surface area contributed by atoms with Crippen molar-refractivity contribution in [1.29, 1.82) is 0 Å². The average Bonchev–Trinajstić information content (AvgIpc) is 3.41. The van der Waals surface area contributed by atoms with Gasteiger partial charge in [0.25, 0.3) is 0 Å². The minimum atomic E-state index is -1.87. The Kier molecular flexibility index (Phi) is 7.99. The summed E-state index contributed by atoms with van der Waals surface area (Å²) in [6.45, 7) is 28.7. The van der Waals surface area contributed by atoms with Crippen molar-refractivity contribution in [3.8, 4) is 11.5 Å². The Morgan fingerprint density at radius 2 is 0.711 bits per heavy atom. The molecule has 2 aromatic carbocycles. The van der Waals surface area contributed by atoms with E-state index in [1.165, 1.54) is 9.00 Å². The fourth-order valence-electron chi connectivity index (χ4n) is 8.66. The van der Waals surface area contributed by atoms with Crippen molar-refractivity contribution in [2.24, 2.45) is 0 Å². The van der Waals surface area contributed by atoms with E-state index in [0.717, 1.165) is 30.9 Å². The van der Waals surface area contributed by atoms with Crippen molar-refractivity contribution in [2.75, 3.05) is 0 Å². The summed E-state index contributed by atoms with van der Waals surface area (Å²) in [5.41, 5.74) is 3.61. The molecule has 0 aliphatic rings. The lowest BCUT2D eigenvalue weighted by molar-refractivity contribution is 0.481. The summed E-state index contributed by atoms with van der Waals surface area (Å²) < 4.78 is 5.21. The molecule has 0 amide bonds. The van der Waals surface area contributed by atoms with Crippen LogP contribution in [0.3, 0.4) is 0 Å². The normalized spacial score (nSPS) is 13.8. The quantitative estimate of drug-likeness (QED) is 0.202. The lowest BCUT2D eigenvalue weighted by Gasteiger charge is -2.42. The minimum Gasteiger partial charge on any atom is -0.507 e. The zero-order valence-electron chi connectivity index (χ0n) is 25.5. The van der Waals surface area contributed by atoms with Crippen molar-refractivity contribution in [2.45, 2.75) is 116 Å². The Morgan fingerprint density at radius 3 is 0.947 bits per heavy atom. The highest BCUT2D eigenvalue weighted by molar-refractivity contribution is 7.34. The predicted octanol–water partition coefficient (Wildman–Crippen LogP) is 10.5. The molecule has 0 spiro atoms. The van der Waals surface area contributed by atoms with Crippen LogP contribution in [0.25, 0.3) is 30.9 Å². The average molecular weight is 585 g/mol. The van der Waals surface area contributed by atoms with Crippen LogP contribution in [0.2, 0.25) is 33.2 Å². The van der Waals surface area contributed by atoms with E-state index in [0.29, 0.717) is 44.7 Å². The fourth-order valence-corrected chi connectivity index (χ4v) is 29.0. The first-order valence-corrected chi connectivity index (χ1v) is 20.6. The molecule has 0 radical (unpaired) electrons. The highest BCUT2D eigenvalue weighted by Gasteiger charge is 2.47. The molecule has 2 nitrogen and oxygen atoms in total. The SMILES string of the molecule is CC(C)[Si](c1cc2c(O)cc3c(cc(O)c4cc([Si](C(C)C)(C(C)C)C(C)C)sc43)c2s1)(C(C)C)C(C)C. The Balaban J connectivity index is 2.10. The molecular weight excluding hydrogens is 537 g/mol. The Bertz CT molecular complexity index is 1320. The molecule has 4 rings (SSSR count). The number of aromatic hydroxyl groups is 2. The molecule has 0 bridgehead atoms. The van der Waals surface area contributed by atoms with Crippen molar-refractivity contribution in [3.05, 3.63) is 24.3 Å². The number of fused-ring (bicyclic) bond motifs is 5. The highest BCUT2D eigenvalue weighted by Crippen LogP contribution is 2.49. The van der Waals surface area contributed by atoms with Crippen molar-refractivity contribution in [1.82, 2.24) is 0 Å². The molecular formula is C32H48O2S2Si2. The van der Waals surface area contributed by atoms with Crippen LogP contribution in [0.1, 0.15) is 83.1 Å². The van der Waals surface area contributed by atoms with Crippen LogP contribution in [0, 0.1) is 0 Å². The molecule has 208 valence electrons. The number of thiophene rings is 2. The van der Waals surface area contributed by atoms with Gasteiger partial charge in [-0.15, -0.1) is 22.7 Å². The summed E-state index contributed by atoms with van der Waals surface area (Å²) in [5, 5.41) is 26.8. The van der Waals surface area contributed by atoms with Gasteiger partial charge in [-0.05, 0) is 66.5 Å². The second kappa shape index (κ2) is 10.2. The molecule has 0 atom stereocenters. The van der Waals surface area contributed by atoms with E-state index in [1.54, 1.807) is 0 Å². The second-order valence-electron chi connectivity index (χ2n) is 13.4. The summed E-state index contributed by atoms with van der Waals surface area (Å²) in [7, 11) is -3.74. The van der Waals surface area contributed by atoms with E-state index in [9.17, 15) is 10.2 Å². The van der Waals surface area contributed by atoms with E-state index >= 15 is 0 Å². The largest absolute Gasteiger partial charge is 0.507 e. The third-order valence-corrected chi connectivity index (χ3v) is 28.1. The van der Waals surface area contributed by atoms with Gasteiger partial charge in [-0.2, -0.15) is 0 Å². The molecule has 0 saturated heterocycles. The Morgan fingerprint density at radius 1 is 0.447 bits per heavy atom. The van der Waals surface area contributed by atoms with E-state index in [1.807, 2.05) is 34.8 Å². The molecule has 6 heteroatoms. The Labute approximate surface area is 240 Å². The molecule has 0 saturated carbocycles. The zero-order valence-corrected chi connectivity index (χ0v) is 29.1. The van der Waals surface area contributed by atoms with E-state index in [2.05, 4.69) is 95.2 Å². The van der Waals surface area contributed by atoms with Gasteiger partial charge in [0, 0.05) is 30.9 Å². The summed E-state index contributed by atoms with van der Waals surface area (Å²) in [6, 6.07) is 8.55. The summed E-state index contributed by atoms with van der Waals surface area (Å²) >= 11 is 3.76. The molecule has 0 fully saturated rings. The summed E-state index contributed by atoms with van der Waals surface area (Å²) in [6.07, 6.45) is 0. The number of rotatable bonds is 8. The molecule has 2 aromatic heterocycles. The first kappa shape index (κ1) is 29.6. The predicted molar refractivity (Wildman–Crippen MR) is 179 cm³/mol. The lowest BCUT2D eigenvalue weighted by Crippen LogP contribution is -2.54. The molecule has 0 unspecified atom stereocenters. The van der Waals surface area contributed by atoms with Crippen LogP contribution in [0.15, 0.2) is 24.3 Å². The maximum absolute atomic E-state index is 11.4. The van der Waals surface area contributed by atoms with Crippen LogP contribution in [-0.4, -0.2) is 26.4 Å². The number of phenols is 2. The van der Waals surface area contributed by atoms with Gasteiger partial charge < -0.3 is 10.2 Å². The number of benzene rings is 2. The molecule has 38 heavy (non-hydrogen) atoms. The van der Waals surface area contributed by atoms with Gasteiger partial charge in [-0.3, -0.25) is 0 Å². The third-order valence-electron chi connectivity index (χ3n) is 9.94. The van der Waals surface area contributed by atoms with Gasteiger partial charge in [-0.25, -0.2) is 0 Å². The minimum absolute atomic E-state index is 0.371. The van der Waals surface area contributed by atoms with Crippen LogP contribution in [-0.2, 0) is 0 Å². The number of phenolic OH excluding ortho intramolecular Hbond substituents is 2. The molecule has 2 heterocycles. The van der Waals surface area contributed by atoms with Crippen molar-refractivity contribution < 1.29 is 10.2 Å². The first-order chi connectivity index (χ1) is 17.6. The highest BCUT2D eigenvalue weighted by atomic mass is 32.1. The van der Waals surface area contributed by atoms with Gasteiger partial charge in [0.05, 0.1) is 0 Å². The van der Waals surface area contributed by atoms with Crippen LogP contribution >= 0.6 is 22.7 Å². The van der Waals surface area contributed by atoms with Crippen molar-refractivity contribution in [3.63, 3.8) is 0 Å². The molecule has 0 aliphatic heterocycles. The standard InChI is InChI=1S/C32H48O2S2Si2/c1-17(2)37(18(3)4,19(5)6)29-15-25-27(33)14-24-23(31(25)35-29)13-28(34)26-16-30(36-32(24)26)38(20(7)8,21(9)10)22(11)12/h13-22,33-34H,1-12H3. The second-order valence-corrected chi connectivity index (χ2v) is 28.0. The van der Waals surface area contributed by atoms with E-state index in [-0.39, 0.29) is 0 Å². The molecule has 4 aromatic rings. The maximum Gasteiger partial charge on any atom is 0.124 e. The first-order valence-electron chi connectivity index (χ1n) is 14.5. The number of hydrogen-bond acceptors (Lipinski definition) is 4. The van der Waals surface area contributed by atoms with Gasteiger partial charge in [0.1, 0.15) is 27.6 Å². The van der Waals surface area contributed by atoms with Crippen molar-refractivity contribution >= 4 is 78.8 Å². The lowest BCUT2D eigenvalue weighted by atomic mass is 10.1. The van der Waals surface area contributed by atoms with Crippen LogP contribution in [0.5, 0.6) is 11.5 Å². The monoisotopic (exact) mass is 584 g/mol. The van der Waals surface area contributed by atoms with Crippen LogP contribution < -0.4 is 9.00 Å². The van der Waals surface area contributed by atoms with Crippen LogP contribution in [0.4, 0.5) is 0 Å². The molecule has 2 N–H and O–H groups in total. The molecule has 0 aliphatic carbocycles. The number of hydrogen-bond donors (Lipinski definition) is 2. The van der Waals surface area contributed by atoms with Gasteiger partial charge in [-0.1, -0.05) is 83.1 Å². The van der Waals surface area contributed by atoms with Gasteiger partial charge in [0.2, 0.25) is 0 Å². The van der Waals surface area contributed by atoms with Gasteiger partial charge in [0.15, 0.2) is 0 Å². The zero-order chi connectivity index (χ0) is 28.5. The Hall–Kier alpha value is -1.35.